The highest BCUT2D eigenvalue weighted by Crippen LogP contribution is 2.29. The van der Waals surface area contributed by atoms with Gasteiger partial charge in [-0.1, -0.05) is 28.1 Å². The molecule has 1 N–H and O–H groups in total. The molecule has 0 saturated carbocycles. The van der Waals surface area contributed by atoms with E-state index in [4.69, 9.17) is 4.74 Å². The predicted octanol–water partition coefficient (Wildman–Crippen LogP) is 3.93. The molecule has 1 aromatic carbocycles. The van der Waals surface area contributed by atoms with Crippen molar-refractivity contribution in [3.05, 3.63) is 39.9 Å². The summed E-state index contributed by atoms with van der Waals surface area (Å²) in [6.45, 7) is 5.86. The summed E-state index contributed by atoms with van der Waals surface area (Å²) in [6.07, 6.45) is 0.00814. The molecule has 6 heteroatoms. The van der Waals surface area contributed by atoms with Crippen molar-refractivity contribution < 1.29 is 19.4 Å². The first-order valence-electron chi connectivity index (χ1n) is 7.36. The van der Waals surface area contributed by atoms with Gasteiger partial charge < -0.3 is 14.7 Å². The molecule has 0 spiro atoms. The number of hydrogen-bond acceptors (Lipinski definition) is 3. The Kier molecular flexibility index (Phi) is 5.14. The Morgan fingerprint density at radius 1 is 1.22 bits per heavy atom. The van der Waals surface area contributed by atoms with E-state index in [9.17, 15) is 14.7 Å². The van der Waals surface area contributed by atoms with Crippen molar-refractivity contribution in [3.63, 3.8) is 0 Å². The van der Waals surface area contributed by atoms with Crippen LogP contribution >= 0.6 is 15.9 Å². The molecule has 0 aromatic heterocycles. The van der Waals surface area contributed by atoms with Gasteiger partial charge in [0.15, 0.2) is 0 Å². The second-order valence-corrected chi connectivity index (χ2v) is 7.34. The highest BCUT2D eigenvalue weighted by molar-refractivity contribution is 9.10. The van der Waals surface area contributed by atoms with E-state index in [0.717, 1.165) is 15.6 Å². The van der Waals surface area contributed by atoms with E-state index in [2.05, 4.69) is 15.9 Å². The smallest absolute Gasteiger partial charge is 0.410 e. The number of nitrogens with zero attached hydrogens (tertiary/aromatic N) is 1. The molecule has 0 bridgehead atoms. The van der Waals surface area contributed by atoms with Gasteiger partial charge >= 0.3 is 12.1 Å². The summed E-state index contributed by atoms with van der Waals surface area (Å²) in [5.41, 5.74) is 1.28. The molecule has 0 fully saturated rings. The third kappa shape index (κ3) is 4.58. The Labute approximate surface area is 144 Å². The molecule has 124 valence electrons. The van der Waals surface area contributed by atoms with Gasteiger partial charge in [0.05, 0.1) is 12.1 Å². The molecule has 1 aliphatic rings. The Bertz CT molecular complexity index is 644. The molecule has 0 radical (unpaired) electrons. The second-order valence-electron chi connectivity index (χ2n) is 6.42. The normalized spacial score (nSPS) is 15.6. The van der Waals surface area contributed by atoms with Crippen molar-refractivity contribution in [2.45, 2.75) is 32.8 Å². The van der Waals surface area contributed by atoms with Crippen LogP contribution in [0.3, 0.4) is 0 Å². The van der Waals surface area contributed by atoms with Gasteiger partial charge in [-0.15, -0.1) is 0 Å². The average Bonchev–Trinajstić information content (AvgIpc) is 2.45. The molecule has 1 amide bonds. The zero-order valence-electron chi connectivity index (χ0n) is 13.4. The molecule has 0 saturated heterocycles. The molecule has 1 aromatic rings. The lowest BCUT2D eigenvalue weighted by molar-refractivity contribution is -0.132. The fraction of sp³-hybridized carbons (Fsp3) is 0.412. The lowest BCUT2D eigenvalue weighted by atomic mass is 9.93. The maximum atomic E-state index is 12.2. The zero-order chi connectivity index (χ0) is 17.2. The summed E-state index contributed by atoms with van der Waals surface area (Å²) in [5, 5.41) is 9.51. The molecule has 23 heavy (non-hydrogen) atoms. The summed E-state index contributed by atoms with van der Waals surface area (Å²) >= 11 is 3.37. The van der Waals surface area contributed by atoms with Crippen LogP contribution < -0.4 is 0 Å². The van der Waals surface area contributed by atoms with Gasteiger partial charge in [-0.05, 0) is 50.5 Å². The second kappa shape index (κ2) is 6.74. The van der Waals surface area contributed by atoms with Crippen molar-refractivity contribution >= 4 is 33.6 Å². The van der Waals surface area contributed by atoms with Crippen LogP contribution in [0.5, 0.6) is 0 Å². The van der Waals surface area contributed by atoms with Crippen LogP contribution in [0.15, 0.2) is 34.3 Å². The average molecular weight is 382 g/mol. The van der Waals surface area contributed by atoms with Crippen LogP contribution in [0, 0.1) is 0 Å². The molecule has 0 aliphatic carbocycles. The number of carboxylic acid groups (broad SMARTS) is 1. The minimum Gasteiger partial charge on any atom is -0.478 e. The maximum Gasteiger partial charge on any atom is 0.410 e. The van der Waals surface area contributed by atoms with E-state index in [0.29, 0.717) is 13.0 Å². The quantitative estimate of drug-likeness (QED) is 0.842. The molecule has 5 nitrogen and oxygen atoms in total. The van der Waals surface area contributed by atoms with E-state index in [-0.39, 0.29) is 12.1 Å². The maximum absolute atomic E-state index is 12.2. The SMILES string of the molecule is CC(C)(C)OC(=O)N1CCC(c2ccc(Br)cc2)=C(C(=O)O)C1. The van der Waals surface area contributed by atoms with Crippen LogP contribution in [-0.4, -0.2) is 40.8 Å². The van der Waals surface area contributed by atoms with Gasteiger partial charge in [0.2, 0.25) is 0 Å². The van der Waals surface area contributed by atoms with Crippen molar-refractivity contribution in [2.75, 3.05) is 13.1 Å². The third-order valence-corrected chi connectivity index (χ3v) is 3.98. The Hall–Kier alpha value is -1.82. The lowest BCUT2D eigenvalue weighted by Gasteiger charge is -2.31. The molecule has 2 rings (SSSR count). The molecule has 0 atom stereocenters. The number of ether oxygens (including phenoxy) is 1. The molecule has 1 heterocycles. The minimum atomic E-state index is -1.00. The van der Waals surface area contributed by atoms with Crippen LogP contribution in [0.4, 0.5) is 4.79 Å². The van der Waals surface area contributed by atoms with Gasteiger partial charge in [-0.3, -0.25) is 0 Å². The van der Waals surface area contributed by atoms with Crippen molar-refractivity contribution in [3.8, 4) is 0 Å². The van der Waals surface area contributed by atoms with E-state index in [1.165, 1.54) is 4.90 Å². The predicted molar refractivity (Wildman–Crippen MR) is 91.1 cm³/mol. The Morgan fingerprint density at radius 2 is 1.83 bits per heavy atom. The van der Waals surface area contributed by atoms with Gasteiger partial charge in [0.1, 0.15) is 5.60 Å². The molecule has 0 unspecified atom stereocenters. The molecule has 1 aliphatic heterocycles. The first-order valence-corrected chi connectivity index (χ1v) is 8.16. The van der Waals surface area contributed by atoms with Crippen LogP contribution in [-0.2, 0) is 9.53 Å². The highest BCUT2D eigenvalue weighted by Gasteiger charge is 2.30. The molecular weight excluding hydrogens is 362 g/mol. The topological polar surface area (TPSA) is 66.8 Å². The highest BCUT2D eigenvalue weighted by atomic mass is 79.9. The number of carboxylic acids is 1. The van der Waals surface area contributed by atoms with E-state index < -0.39 is 17.7 Å². The van der Waals surface area contributed by atoms with Crippen LogP contribution in [0.1, 0.15) is 32.8 Å². The number of carbonyl (C=O) groups is 2. The fourth-order valence-corrected chi connectivity index (χ4v) is 2.68. The van der Waals surface area contributed by atoms with Crippen molar-refractivity contribution in [1.29, 1.82) is 0 Å². The Balaban J connectivity index is 2.26. The van der Waals surface area contributed by atoms with Gasteiger partial charge in [0.25, 0.3) is 0 Å². The largest absolute Gasteiger partial charge is 0.478 e. The van der Waals surface area contributed by atoms with E-state index in [1.54, 1.807) is 20.8 Å². The number of carbonyl (C=O) groups excluding carboxylic acids is 1. The van der Waals surface area contributed by atoms with E-state index in [1.807, 2.05) is 24.3 Å². The number of hydrogen-bond donors (Lipinski definition) is 1. The minimum absolute atomic E-state index is 0.0512. The van der Waals surface area contributed by atoms with Gasteiger partial charge in [0, 0.05) is 11.0 Å². The number of aliphatic carboxylic acids is 1. The molecular formula is C17H20BrNO4. The number of amides is 1. The standard InChI is InChI=1S/C17H20BrNO4/c1-17(2,3)23-16(22)19-9-8-13(14(10-19)15(20)21)11-4-6-12(18)7-5-11/h4-7H,8-10H2,1-3H3,(H,20,21). The Morgan fingerprint density at radius 3 is 2.35 bits per heavy atom. The number of halogens is 1. The van der Waals surface area contributed by atoms with Gasteiger partial charge in [-0.2, -0.15) is 0 Å². The van der Waals surface area contributed by atoms with Crippen LogP contribution in [0.2, 0.25) is 0 Å². The summed E-state index contributed by atoms with van der Waals surface area (Å²) < 4.78 is 6.26. The first-order chi connectivity index (χ1) is 10.7. The van der Waals surface area contributed by atoms with Gasteiger partial charge in [-0.25, -0.2) is 9.59 Å². The van der Waals surface area contributed by atoms with Crippen molar-refractivity contribution in [1.82, 2.24) is 4.90 Å². The summed E-state index contributed by atoms with van der Waals surface area (Å²) in [5.74, 6) is -1.00. The summed E-state index contributed by atoms with van der Waals surface area (Å²) in [4.78, 5) is 25.2. The first kappa shape index (κ1) is 17.5. The number of rotatable bonds is 2. The van der Waals surface area contributed by atoms with E-state index >= 15 is 0 Å². The monoisotopic (exact) mass is 381 g/mol. The summed E-state index contributed by atoms with van der Waals surface area (Å²) in [7, 11) is 0. The number of benzene rings is 1. The van der Waals surface area contributed by atoms with Crippen LogP contribution in [0.25, 0.3) is 5.57 Å². The lowest BCUT2D eigenvalue weighted by Crippen LogP contribution is -2.41. The zero-order valence-corrected chi connectivity index (χ0v) is 15.0. The van der Waals surface area contributed by atoms with Crippen molar-refractivity contribution in [2.24, 2.45) is 0 Å². The summed E-state index contributed by atoms with van der Waals surface area (Å²) in [6, 6.07) is 7.51. The fourth-order valence-electron chi connectivity index (χ4n) is 2.41. The third-order valence-electron chi connectivity index (χ3n) is 3.45.